The maximum atomic E-state index is 12.0. The first kappa shape index (κ1) is 14.6. The minimum Gasteiger partial charge on any atom is -0.326 e. The number of pyridine rings is 1. The molecule has 2 heterocycles. The SMILES string of the molecule is O=C(Cc1cccnc1)Nc1ccc(Nc2ncccn2)cc1. The van der Waals surface area contributed by atoms with Crippen LogP contribution in [0, 0.1) is 0 Å². The van der Waals surface area contributed by atoms with Gasteiger partial charge in [0.15, 0.2) is 0 Å². The molecule has 0 spiro atoms. The molecule has 1 amide bonds. The molecule has 0 aliphatic rings. The fourth-order valence-electron chi connectivity index (χ4n) is 2.02. The van der Waals surface area contributed by atoms with Crippen molar-refractivity contribution >= 4 is 23.2 Å². The third kappa shape index (κ3) is 4.34. The summed E-state index contributed by atoms with van der Waals surface area (Å²) in [6.07, 6.45) is 7.01. The number of carbonyl (C=O) groups excluding carboxylic acids is 1. The molecule has 23 heavy (non-hydrogen) atoms. The molecule has 3 aromatic rings. The third-order valence-corrected chi connectivity index (χ3v) is 3.08. The van der Waals surface area contributed by atoms with E-state index >= 15 is 0 Å². The summed E-state index contributed by atoms with van der Waals surface area (Å²) in [6.45, 7) is 0. The van der Waals surface area contributed by atoms with E-state index in [1.54, 1.807) is 30.9 Å². The van der Waals surface area contributed by atoms with E-state index in [0.717, 1.165) is 16.9 Å². The van der Waals surface area contributed by atoms with Crippen molar-refractivity contribution in [1.82, 2.24) is 15.0 Å². The number of nitrogens with zero attached hydrogens (tertiary/aromatic N) is 3. The number of anilines is 3. The minimum atomic E-state index is -0.0786. The van der Waals surface area contributed by atoms with Gasteiger partial charge in [-0.15, -0.1) is 0 Å². The van der Waals surface area contributed by atoms with Crippen molar-refractivity contribution in [3.63, 3.8) is 0 Å². The normalized spacial score (nSPS) is 10.1. The van der Waals surface area contributed by atoms with Gasteiger partial charge < -0.3 is 10.6 Å². The van der Waals surface area contributed by atoms with Crippen LogP contribution in [-0.2, 0) is 11.2 Å². The average Bonchev–Trinajstić information content (AvgIpc) is 2.58. The summed E-state index contributed by atoms with van der Waals surface area (Å²) in [6, 6.07) is 12.8. The Morgan fingerprint density at radius 1 is 0.913 bits per heavy atom. The van der Waals surface area contributed by atoms with Crippen molar-refractivity contribution < 1.29 is 4.79 Å². The van der Waals surface area contributed by atoms with Crippen LogP contribution in [0.15, 0.2) is 67.3 Å². The number of hydrogen-bond acceptors (Lipinski definition) is 5. The topological polar surface area (TPSA) is 79.8 Å². The van der Waals surface area contributed by atoms with Crippen LogP contribution in [0.1, 0.15) is 5.56 Å². The van der Waals surface area contributed by atoms with Crippen LogP contribution in [0.25, 0.3) is 0 Å². The number of nitrogens with one attached hydrogen (secondary N) is 2. The number of rotatable bonds is 5. The van der Waals surface area contributed by atoms with E-state index in [0.29, 0.717) is 12.4 Å². The number of benzene rings is 1. The maximum Gasteiger partial charge on any atom is 0.228 e. The first-order valence-electron chi connectivity index (χ1n) is 7.12. The van der Waals surface area contributed by atoms with Gasteiger partial charge in [0.2, 0.25) is 11.9 Å². The summed E-state index contributed by atoms with van der Waals surface area (Å²) in [5, 5.41) is 5.94. The van der Waals surface area contributed by atoms with E-state index in [2.05, 4.69) is 25.6 Å². The predicted molar refractivity (Wildman–Crippen MR) is 88.3 cm³/mol. The quantitative estimate of drug-likeness (QED) is 0.757. The largest absolute Gasteiger partial charge is 0.326 e. The lowest BCUT2D eigenvalue weighted by Crippen LogP contribution is -2.14. The molecule has 0 radical (unpaired) electrons. The molecular formula is C17H15N5O. The summed E-state index contributed by atoms with van der Waals surface area (Å²) in [5.74, 6) is 0.450. The van der Waals surface area contributed by atoms with Crippen LogP contribution in [0.4, 0.5) is 17.3 Å². The summed E-state index contributed by atoms with van der Waals surface area (Å²) in [5.41, 5.74) is 2.46. The second-order valence-electron chi connectivity index (χ2n) is 4.86. The van der Waals surface area contributed by atoms with Crippen molar-refractivity contribution in [1.29, 1.82) is 0 Å². The van der Waals surface area contributed by atoms with E-state index in [1.807, 2.05) is 36.4 Å². The second kappa shape index (κ2) is 7.13. The molecule has 114 valence electrons. The monoisotopic (exact) mass is 305 g/mol. The van der Waals surface area contributed by atoms with Crippen LogP contribution in [0.3, 0.4) is 0 Å². The van der Waals surface area contributed by atoms with Gasteiger partial charge in [0, 0.05) is 36.2 Å². The average molecular weight is 305 g/mol. The Morgan fingerprint density at radius 2 is 1.65 bits per heavy atom. The molecule has 0 aliphatic carbocycles. The zero-order valence-electron chi connectivity index (χ0n) is 12.3. The highest BCUT2D eigenvalue weighted by Gasteiger charge is 2.04. The maximum absolute atomic E-state index is 12.0. The van der Waals surface area contributed by atoms with Crippen molar-refractivity contribution in [2.24, 2.45) is 0 Å². The molecule has 0 fully saturated rings. The van der Waals surface area contributed by atoms with Gasteiger partial charge in [-0.3, -0.25) is 9.78 Å². The molecule has 2 N–H and O–H groups in total. The highest BCUT2D eigenvalue weighted by atomic mass is 16.1. The lowest BCUT2D eigenvalue weighted by molar-refractivity contribution is -0.115. The Bertz CT molecular complexity index is 760. The predicted octanol–water partition coefficient (Wildman–Crippen LogP) is 2.80. The molecule has 2 aromatic heterocycles. The summed E-state index contributed by atoms with van der Waals surface area (Å²) < 4.78 is 0. The van der Waals surface area contributed by atoms with E-state index in [1.165, 1.54) is 0 Å². The standard InChI is InChI=1S/C17H15N5O/c23-16(11-13-3-1-8-18-12-13)21-14-4-6-15(7-5-14)22-17-19-9-2-10-20-17/h1-10,12H,11H2,(H,21,23)(H,19,20,22). The highest BCUT2D eigenvalue weighted by molar-refractivity contribution is 5.92. The van der Waals surface area contributed by atoms with Crippen molar-refractivity contribution in [3.05, 3.63) is 72.8 Å². The Morgan fingerprint density at radius 3 is 2.35 bits per heavy atom. The number of amides is 1. The van der Waals surface area contributed by atoms with E-state index in [9.17, 15) is 4.79 Å². The van der Waals surface area contributed by atoms with Crippen LogP contribution in [-0.4, -0.2) is 20.9 Å². The van der Waals surface area contributed by atoms with Gasteiger partial charge in [-0.05, 0) is 42.0 Å². The minimum absolute atomic E-state index is 0.0786. The lowest BCUT2D eigenvalue weighted by Gasteiger charge is -2.07. The molecule has 0 aliphatic heterocycles. The van der Waals surface area contributed by atoms with Gasteiger partial charge >= 0.3 is 0 Å². The zero-order valence-corrected chi connectivity index (χ0v) is 12.3. The first-order chi connectivity index (χ1) is 11.3. The molecule has 0 bridgehead atoms. The van der Waals surface area contributed by atoms with Gasteiger partial charge in [-0.25, -0.2) is 9.97 Å². The zero-order chi connectivity index (χ0) is 15.9. The molecule has 0 saturated carbocycles. The Balaban J connectivity index is 1.58. The fourth-order valence-corrected chi connectivity index (χ4v) is 2.02. The highest BCUT2D eigenvalue weighted by Crippen LogP contribution is 2.16. The molecule has 0 unspecified atom stereocenters. The number of aromatic nitrogens is 3. The third-order valence-electron chi connectivity index (χ3n) is 3.08. The van der Waals surface area contributed by atoms with Gasteiger partial charge in [0.1, 0.15) is 0 Å². The van der Waals surface area contributed by atoms with Crippen molar-refractivity contribution in [2.45, 2.75) is 6.42 Å². The van der Waals surface area contributed by atoms with E-state index in [-0.39, 0.29) is 5.91 Å². The molecule has 0 atom stereocenters. The second-order valence-corrected chi connectivity index (χ2v) is 4.86. The van der Waals surface area contributed by atoms with E-state index < -0.39 is 0 Å². The van der Waals surface area contributed by atoms with E-state index in [4.69, 9.17) is 0 Å². The molecular weight excluding hydrogens is 290 g/mol. The van der Waals surface area contributed by atoms with Crippen LogP contribution < -0.4 is 10.6 Å². The summed E-state index contributed by atoms with van der Waals surface area (Å²) in [4.78, 5) is 24.2. The first-order valence-corrected chi connectivity index (χ1v) is 7.12. The van der Waals surface area contributed by atoms with Crippen molar-refractivity contribution in [3.8, 4) is 0 Å². The Labute approximate surface area is 133 Å². The van der Waals surface area contributed by atoms with Gasteiger partial charge in [0.25, 0.3) is 0 Å². The van der Waals surface area contributed by atoms with Crippen LogP contribution in [0.5, 0.6) is 0 Å². The molecule has 6 nitrogen and oxygen atoms in total. The van der Waals surface area contributed by atoms with Gasteiger partial charge in [-0.1, -0.05) is 6.07 Å². The number of carbonyl (C=O) groups is 1. The smallest absolute Gasteiger partial charge is 0.228 e. The van der Waals surface area contributed by atoms with Crippen molar-refractivity contribution in [2.75, 3.05) is 10.6 Å². The summed E-state index contributed by atoms with van der Waals surface area (Å²) in [7, 11) is 0. The van der Waals surface area contributed by atoms with Crippen LogP contribution >= 0.6 is 0 Å². The molecule has 6 heteroatoms. The lowest BCUT2D eigenvalue weighted by atomic mass is 10.2. The van der Waals surface area contributed by atoms with Crippen LogP contribution in [0.2, 0.25) is 0 Å². The molecule has 0 saturated heterocycles. The van der Waals surface area contributed by atoms with Gasteiger partial charge in [-0.2, -0.15) is 0 Å². The molecule has 1 aromatic carbocycles. The molecule has 3 rings (SSSR count). The Kier molecular flexibility index (Phi) is 4.54. The summed E-state index contributed by atoms with van der Waals surface area (Å²) >= 11 is 0. The van der Waals surface area contributed by atoms with Gasteiger partial charge in [0.05, 0.1) is 6.42 Å². The Hall–Kier alpha value is -3.28. The number of hydrogen-bond donors (Lipinski definition) is 2. The fraction of sp³-hybridized carbons (Fsp3) is 0.0588.